The monoisotopic (exact) mass is 268 g/mol. The van der Waals surface area contributed by atoms with Gasteiger partial charge in [0.2, 0.25) is 5.28 Å². The van der Waals surface area contributed by atoms with Gasteiger partial charge in [-0.1, -0.05) is 0 Å². The Morgan fingerprint density at radius 3 is 3.06 bits per heavy atom. The predicted molar refractivity (Wildman–Crippen MR) is 72.0 cm³/mol. The van der Waals surface area contributed by atoms with Crippen molar-refractivity contribution in [2.75, 3.05) is 18.4 Å². The van der Waals surface area contributed by atoms with Gasteiger partial charge in [0, 0.05) is 18.0 Å². The maximum absolute atomic E-state index is 5.94. The van der Waals surface area contributed by atoms with Crippen LogP contribution in [0.15, 0.2) is 0 Å². The van der Waals surface area contributed by atoms with Crippen LogP contribution in [0.4, 0.5) is 5.82 Å². The Labute approximate surface area is 108 Å². The fraction of sp³-hybridized carbons (Fsp3) is 0.455. The number of fused-ring (bicyclic) bond motifs is 3. The number of aryl methyl sites for hydroxylation is 2. The average molecular weight is 269 g/mol. The molecule has 0 saturated carbocycles. The third-order valence-corrected chi connectivity index (χ3v) is 4.33. The molecule has 2 aromatic rings. The number of hydrogen-bond acceptors (Lipinski definition) is 5. The zero-order valence-electron chi connectivity index (χ0n) is 9.29. The Kier molecular flexibility index (Phi) is 2.90. The van der Waals surface area contributed by atoms with E-state index in [1.165, 1.54) is 16.9 Å². The largest absolute Gasteiger partial charge is 0.368 e. The molecule has 0 saturated heterocycles. The molecule has 17 heavy (non-hydrogen) atoms. The van der Waals surface area contributed by atoms with Crippen LogP contribution in [0.25, 0.3) is 10.2 Å². The Morgan fingerprint density at radius 2 is 2.24 bits per heavy atom. The number of aromatic nitrogens is 2. The molecule has 2 aromatic heterocycles. The molecular formula is C11H13ClN4S. The molecular weight excluding hydrogens is 256 g/mol. The molecule has 1 aliphatic carbocycles. The molecule has 6 heteroatoms. The average Bonchev–Trinajstić information content (AvgIpc) is 2.84. The van der Waals surface area contributed by atoms with E-state index in [1.807, 2.05) is 0 Å². The van der Waals surface area contributed by atoms with Crippen LogP contribution in [-0.4, -0.2) is 23.1 Å². The molecule has 0 amide bonds. The van der Waals surface area contributed by atoms with Crippen molar-refractivity contribution in [3.8, 4) is 0 Å². The van der Waals surface area contributed by atoms with E-state index in [0.29, 0.717) is 18.4 Å². The van der Waals surface area contributed by atoms with Gasteiger partial charge in [0.05, 0.1) is 5.39 Å². The summed E-state index contributed by atoms with van der Waals surface area (Å²) in [7, 11) is 0. The standard InChI is InChI=1S/C11H13ClN4S/c12-11-15-9(14-5-4-13)8-6-2-1-3-7(6)17-10(8)16-11/h1-5,13H2,(H,14,15,16). The second-order valence-corrected chi connectivity index (χ2v) is 5.52. The van der Waals surface area contributed by atoms with E-state index < -0.39 is 0 Å². The minimum absolute atomic E-state index is 0.303. The molecule has 0 spiro atoms. The van der Waals surface area contributed by atoms with E-state index in [-0.39, 0.29) is 0 Å². The second-order valence-electron chi connectivity index (χ2n) is 4.09. The molecule has 4 nitrogen and oxygen atoms in total. The van der Waals surface area contributed by atoms with Gasteiger partial charge in [-0.05, 0) is 36.4 Å². The molecule has 0 fully saturated rings. The van der Waals surface area contributed by atoms with Crippen molar-refractivity contribution in [3.05, 3.63) is 15.7 Å². The molecule has 0 radical (unpaired) electrons. The minimum Gasteiger partial charge on any atom is -0.368 e. The minimum atomic E-state index is 0.303. The fourth-order valence-corrected chi connectivity index (χ4v) is 3.77. The van der Waals surface area contributed by atoms with Crippen molar-refractivity contribution < 1.29 is 0 Å². The van der Waals surface area contributed by atoms with E-state index >= 15 is 0 Å². The van der Waals surface area contributed by atoms with Crippen LogP contribution in [0, 0.1) is 0 Å². The summed E-state index contributed by atoms with van der Waals surface area (Å²) in [5.41, 5.74) is 6.91. The first kappa shape index (κ1) is 11.2. The highest BCUT2D eigenvalue weighted by atomic mass is 35.5. The van der Waals surface area contributed by atoms with Crippen molar-refractivity contribution >= 4 is 39.0 Å². The lowest BCUT2D eigenvalue weighted by Gasteiger charge is -2.06. The molecule has 1 aliphatic rings. The number of rotatable bonds is 3. The topological polar surface area (TPSA) is 63.8 Å². The lowest BCUT2D eigenvalue weighted by Crippen LogP contribution is -2.14. The van der Waals surface area contributed by atoms with Crippen molar-refractivity contribution in [1.29, 1.82) is 0 Å². The van der Waals surface area contributed by atoms with Gasteiger partial charge in [-0.15, -0.1) is 11.3 Å². The number of thiophene rings is 1. The molecule has 3 N–H and O–H groups in total. The first-order valence-corrected chi connectivity index (χ1v) is 6.91. The summed E-state index contributed by atoms with van der Waals surface area (Å²) >= 11 is 7.68. The highest BCUT2D eigenvalue weighted by Crippen LogP contribution is 2.39. The SMILES string of the molecule is NCCNc1nc(Cl)nc2sc3c(c12)CCC3. The molecule has 2 heterocycles. The quantitative estimate of drug-likeness (QED) is 0.838. The van der Waals surface area contributed by atoms with E-state index in [2.05, 4.69) is 15.3 Å². The normalized spacial score (nSPS) is 14.2. The summed E-state index contributed by atoms with van der Waals surface area (Å²) in [6.45, 7) is 1.28. The molecule has 0 unspecified atom stereocenters. The van der Waals surface area contributed by atoms with Gasteiger partial charge in [-0.3, -0.25) is 0 Å². The van der Waals surface area contributed by atoms with E-state index in [1.54, 1.807) is 11.3 Å². The Morgan fingerprint density at radius 1 is 1.35 bits per heavy atom. The Balaban J connectivity index is 2.17. The fourth-order valence-electron chi connectivity index (χ4n) is 2.29. The first-order chi connectivity index (χ1) is 8.29. The smallest absolute Gasteiger partial charge is 0.225 e. The Bertz CT molecular complexity index is 566. The molecule has 3 rings (SSSR count). The second kappa shape index (κ2) is 4.40. The summed E-state index contributed by atoms with van der Waals surface area (Å²) in [4.78, 5) is 11.0. The van der Waals surface area contributed by atoms with Crippen LogP contribution >= 0.6 is 22.9 Å². The van der Waals surface area contributed by atoms with Crippen LogP contribution in [0.2, 0.25) is 5.28 Å². The van der Waals surface area contributed by atoms with Crippen molar-refractivity contribution in [2.24, 2.45) is 5.73 Å². The van der Waals surface area contributed by atoms with Crippen LogP contribution in [-0.2, 0) is 12.8 Å². The molecule has 90 valence electrons. The van der Waals surface area contributed by atoms with Gasteiger partial charge >= 0.3 is 0 Å². The number of nitrogens with two attached hydrogens (primary N) is 1. The molecule has 0 aromatic carbocycles. The van der Waals surface area contributed by atoms with Gasteiger partial charge < -0.3 is 11.1 Å². The number of hydrogen-bond donors (Lipinski definition) is 2. The summed E-state index contributed by atoms with van der Waals surface area (Å²) < 4.78 is 0. The Hall–Kier alpha value is -0.910. The zero-order valence-corrected chi connectivity index (χ0v) is 10.9. The molecule has 0 bridgehead atoms. The van der Waals surface area contributed by atoms with Gasteiger partial charge in [-0.25, -0.2) is 9.97 Å². The third kappa shape index (κ3) is 1.88. The van der Waals surface area contributed by atoms with Crippen molar-refractivity contribution in [2.45, 2.75) is 19.3 Å². The summed E-state index contributed by atoms with van der Waals surface area (Å²) in [6.07, 6.45) is 3.51. The maximum Gasteiger partial charge on any atom is 0.225 e. The number of nitrogens with zero attached hydrogens (tertiary/aromatic N) is 2. The van der Waals surface area contributed by atoms with E-state index in [4.69, 9.17) is 17.3 Å². The number of nitrogens with one attached hydrogen (secondary N) is 1. The first-order valence-electron chi connectivity index (χ1n) is 5.71. The van der Waals surface area contributed by atoms with Gasteiger partial charge in [-0.2, -0.15) is 0 Å². The summed E-state index contributed by atoms with van der Waals surface area (Å²) in [6, 6.07) is 0. The predicted octanol–water partition coefficient (Wildman–Crippen LogP) is 2.20. The maximum atomic E-state index is 5.94. The van der Waals surface area contributed by atoms with Gasteiger partial charge in [0.15, 0.2) is 0 Å². The van der Waals surface area contributed by atoms with Crippen LogP contribution in [0.3, 0.4) is 0 Å². The summed E-state index contributed by atoms with van der Waals surface area (Å²) in [5, 5.41) is 4.70. The van der Waals surface area contributed by atoms with Gasteiger partial charge in [0.25, 0.3) is 0 Å². The third-order valence-electron chi connectivity index (χ3n) is 2.97. The van der Waals surface area contributed by atoms with Crippen molar-refractivity contribution in [1.82, 2.24) is 9.97 Å². The van der Waals surface area contributed by atoms with E-state index in [0.717, 1.165) is 28.9 Å². The van der Waals surface area contributed by atoms with Gasteiger partial charge in [0.1, 0.15) is 10.6 Å². The lowest BCUT2D eigenvalue weighted by atomic mass is 10.2. The highest BCUT2D eigenvalue weighted by Gasteiger charge is 2.21. The van der Waals surface area contributed by atoms with Crippen LogP contribution in [0.1, 0.15) is 16.9 Å². The molecule has 0 aliphatic heterocycles. The zero-order chi connectivity index (χ0) is 11.8. The van der Waals surface area contributed by atoms with Crippen molar-refractivity contribution in [3.63, 3.8) is 0 Å². The summed E-state index contributed by atoms with van der Waals surface area (Å²) in [5.74, 6) is 0.838. The van der Waals surface area contributed by atoms with Crippen LogP contribution < -0.4 is 11.1 Å². The lowest BCUT2D eigenvalue weighted by molar-refractivity contribution is 0.917. The van der Waals surface area contributed by atoms with E-state index in [9.17, 15) is 0 Å². The highest BCUT2D eigenvalue weighted by molar-refractivity contribution is 7.19. The number of halogens is 1. The van der Waals surface area contributed by atoms with Crippen LogP contribution in [0.5, 0.6) is 0 Å². The molecule has 0 atom stereocenters. The number of anilines is 1.